The third-order valence-electron chi connectivity index (χ3n) is 3.15. The van der Waals surface area contributed by atoms with Gasteiger partial charge in [-0.2, -0.15) is 0 Å². The van der Waals surface area contributed by atoms with Crippen LogP contribution in [0.5, 0.6) is 5.75 Å². The second kappa shape index (κ2) is 7.32. The van der Waals surface area contributed by atoms with Crippen molar-refractivity contribution in [3.63, 3.8) is 0 Å². The van der Waals surface area contributed by atoms with Gasteiger partial charge in [0.05, 0.1) is 6.61 Å². The first-order valence-corrected chi connectivity index (χ1v) is 7.30. The van der Waals surface area contributed by atoms with E-state index in [1.54, 1.807) is 0 Å². The van der Waals surface area contributed by atoms with Gasteiger partial charge in [-0.3, -0.25) is 0 Å². The van der Waals surface area contributed by atoms with Crippen molar-refractivity contribution in [1.82, 2.24) is 0 Å². The first-order chi connectivity index (χ1) is 9.74. The Morgan fingerprint density at radius 2 is 1.80 bits per heavy atom. The Morgan fingerprint density at radius 1 is 1.10 bits per heavy atom. The van der Waals surface area contributed by atoms with Crippen molar-refractivity contribution in [2.75, 3.05) is 13.2 Å². The van der Waals surface area contributed by atoms with E-state index in [0.29, 0.717) is 13.2 Å². The first-order valence-electron chi connectivity index (χ1n) is 6.92. The number of halogens is 1. The number of ether oxygens (including phenoxy) is 1. The van der Waals surface area contributed by atoms with Crippen LogP contribution in [0.1, 0.15) is 23.6 Å². The van der Waals surface area contributed by atoms with Crippen molar-refractivity contribution in [2.45, 2.75) is 19.8 Å². The molecule has 0 amide bonds. The van der Waals surface area contributed by atoms with Crippen molar-refractivity contribution >= 4 is 11.6 Å². The van der Waals surface area contributed by atoms with Crippen LogP contribution in [0.15, 0.2) is 42.5 Å². The van der Waals surface area contributed by atoms with Crippen LogP contribution < -0.4 is 10.5 Å². The first kappa shape index (κ1) is 14.9. The summed E-state index contributed by atoms with van der Waals surface area (Å²) in [6.45, 7) is 3.22. The molecule has 106 valence electrons. The smallest absolute Gasteiger partial charge is 0.126 e. The lowest BCUT2D eigenvalue weighted by Crippen LogP contribution is -2.07. The molecule has 3 heteroatoms. The van der Waals surface area contributed by atoms with Gasteiger partial charge in [0.2, 0.25) is 0 Å². The minimum atomic E-state index is 0.588. The van der Waals surface area contributed by atoms with Crippen LogP contribution in [0.3, 0.4) is 0 Å². The lowest BCUT2D eigenvalue weighted by atomic mass is 10.00. The molecule has 0 unspecified atom stereocenters. The molecule has 0 aromatic heterocycles. The van der Waals surface area contributed by atoms with Crippen LogP contribution in [0, 0.1) is 0 Å². The number of nitrogens with two attached hydrogens (primary N) is 1. The molecule has 2 rings (SSSR count). The summed E-state index contributed by atoms with van der Waals surface area (Å²) in [6, 6.07) is 14.3. The van der Waals surface area contributed by atoms with Gasteiger partial charge >= 0.3 is 0 Å². The van der Waals surface area contributed by atoms with E-state index in [1.165, 1.54) is 5.56 Å². The molecule has 0 aliphatic heterocycles. The third kappa shape index (κ3) is 3.75. The molecular weight excluding hydrogens is 270 g/mol. The molecule has 0 heterocycles. The summed E-state index contributed by atoms with van der Waals surface area (Å²) in [5.41, 5.74) is 9.13. The number of hydrogen-bond donors (Lipinski definition) is 1. The maximum atomic E-state index is 6.23. The molecule has 2 N–H and O–H groups in total. The molecule has 0 atom stereocenters. The summed E-state index contributed by atoms with van der Waals surface area (Å²) in [5.74, 6) is 0.936. The van der Waals surface area contributed by atoms with Gasteiger partial charge in [0.15, 0.2) is 0 Å². The van der Waals surface area contributed by atoms with Crippen LogP contribution in [0.2, 0.25) is 5.02 Å². The summed E-state index contributed by atoms with van der Waals surface area (Å²) in [6.07, 6.45) is 1.59. The highest BCUT2D eigenvalue weighted by Gasteiger charge is 2.12. The van der Waals surface area contributed by atoms with Gasteiger partial charge in [0, 0.05) is 17.0 Å². The predicted molar refractivity (Wildman–Crippen MR) is 84.6 cm³/mol. The van der Waals surface area contributed by atoms with Crippen molar-refractivity contribution in [3.8, 4) is 5.75 Å². The van der Waals surface area contributed by atoms with Crippen LogP contribution in [-0.2, 0) is 12.8 Å². The van der Waals surface area contributed by atoms with Gasteiger partial charge in [-0.05, 0) is 43.1 Å². The molecule has 0 saturated carbocycles. The monoisotopic (exact) mass is 289 g/mol. The second-order valence-electron chi connectivity index (χ2n) is 4.69. The lowest BCUT2D eigenvalue weighted by Gasteiger charge is -2.16. The highest BCUT2D eigenvalue weighted by atomic mass is 35.5. The number of hydrogen-bond acceptors (Lipinski definition) is 2. The molecule has 2 aromatic rings. The van der Waals surface area contributed by atoms with E-state index >= 15 is 0 Å². The van der Waals surface area contributed by atoms with Crippen molar-refractivity contribution < 1.29 is 4.74 Å². The normalized spacial score (nSPS) is 10.6. The van der Waals surface area contributed by atoms with Crippen LogP contribution >= 0.6 is 11.6 Å². The molecular formula is C17H20ClNO. The zero-order chi connectivity index (χ0) is 14.4. The van der Waals surface area contributed by atoms with Crippen LogP contribution in [0.4, 0.5) is 0 Å². The van der Waals surface area contributed by atoms with Gasteiger partial charge in [0.25, 0.3) is 0 Å². The van der Waals surface area contributed by atoms with Gasteiger partial charge in [0.1, 0.15) is 5.75 Å². The Labute approximate surface area is 125 Å². The zero-order valence-electron chi connectivity index (χ0n) is 11.7. The molecule has 0 fully saturated rings. The predicted octanol–water partition coefficient (Wildman–Crippen LogP) is 3.83. The molecule has 2 nitrogen and oxygen atoms in total. The van der Waals surface area contributed by atoms with Crippen LogP contribution in [0.25, 0.3) is 0 Å². The van der Waals surface area contributed by atoms with E-state index in [9.17, 15) is 0 Å². The molecule has 0 spiro atoms. The van der Waals surface area contributed by atoms with E-state index < -0.39 is 0 Å². The van der Waals surface area contributed by atoms with E-state index in [-0.39, 0.29) is 0 Å². The van der Waals surface area contributed by atoms with Crippen LogP contribution in [-0.4, -0.2) is 13.2 Å². The molecule has 0 bridgehead atoms. The minimum Gasteiger partial charge on any atom is -0.493 e. The minimum absolute atomic E-state index is 0.588. The van der Waals surface area contributed by atoms with Crippen molar-refractivity contribution in [3.05, 3.63) is 64.2 Å². The summed E-state index contributed by atoms with van der Waals surface area (Å²) in [7, 11) is 0. The highest BCUT2D eigenvalue weighted by Crippen LogP contribution is 2.30. The quantitative estimate of drug-likeness (QED) is 0.877. The molecule has 20 heavy (non-hydrogen) atoms. The van der Waals surface area contributed by atoms with Crippen molar-refractivity contribution in [1.29, 1.82) is 0 Å². The molecule has 2 aromatic carbocycles. The molecule has 0 aliphatic carbocycles. The molecule has 0 saturated heterocycles. The fourth-order valence-electron chi connectivity index (χ4n) is 2.33. The Hall–Kier alpha value is -1.51. The Morgan fingerprint density at radius 3 is 2.45 bits per heavy atom. The summed E-state index contributed by atoms with van der Waals surface area (Å²) in [5, 5.41) is 0.739. The second-order valence-corrected chi connectivity index (χ2v) is 5.12. The largest absolute Gasteiger partial charge is 0.493 e. The SMILES string of the molecule is CCOc1c(CCN)cc(Cl)cc1Cc1ccccc1. The number of benzene rings is 2. The van der Waals surface area contributed by atoms with Gasteiger partial charge in [-0.1, -0.05) is 41.9 Å². The van der Waals surface area contributed by atoms with E-state index in [1.807, 2.05) is 37.3 Å². The fraction of sp³-hybridized carbons (Fsp3) is 0.294. The van der Waals surface area contributed by atoms with Gasteiger partial charge in [-0.25, -0.2) is 0 Å². The van der Waals surface area contributed by atoms with Gasteiger partial charge < -0.3 is 10.5 Å². The molecule has 0 aliphatic rings. The standard InChI is InChI=1S/C17H20ClNO/c1-2-20-17-14(8-9-19)11-16(18)12-15(17)10-13-6-4-3-5-7-13/h3-7,11-12H,2,8-10,19H2,1H3. The Bertz CT molecular complexity index is 554. The maximum absolute atomic E-state index is 6.23. The van der Waals surface area contributed by atoms with E-state index in [4.69, 9.17) is 22.1 Å². The molecule has 0 radical (unpaired) electrons. The Kier molecular flexibility index (Phi) is 5.45. The maximum Gasteiger partial charge on any atom is 0.126 e. The van der Waals surface area contributed by atoms with E-state index in [2.05, 4.69) is 12.1 Å². The zero-order valence-corrected chi connectivity index (χ0v) is 12.5. The highest BCUT2D eigenvalue weighted by molar-refractivity contribution is 6.30. The van der Waals surface area contributed by atoms with E-state index in [0.717, 1.165) is 34.7 Å². The summed E-state index contributed by atoms with van der Waals surface area (Å²) >= 11 is 6.23. The fourth-order valence-corrected chi connectivity index (χ4v) is 2.59. The van der Waals surface area contributed by atoms with Gasteiger partial charge in [-0.15, -0.1) is 0 Å². The Balaban J connectivity index is 2.39. The average Bonchev–Trinajstić information content (AvgIpc) is 2.44. The average molecular weight is 290 g/mol. The topological polar surface area (TPSA) is 35.2 Å². The summed E-state index contributed by atoms with van der Waals surface area (Å²) in [4.78, 5) is 0. The van der Waals surface area contributed by atoms with Crippen molar-refractivity contribution in [2.24, 2.45) is 5.73 Å². The lowest BCUT2D eigenvalue weighted by molar-refractivity contribution is 0.333. The third-order valence-corrected chi connectivity index (χ3v) is 3.37. The summed E-state index contributed by atoms with van der Waals surface area (Å²) < 4.78 is 5.83. The number of rotatable bonds is 6.